The lowest BCUT2D eigenvalue weighted by atomic mass is 10.0. The summed E-state index contributed by atoms with van der Waals surface area (Å²) in [6.45, 7) is 10.2. The van der Waals surface area contributed by atoms with E-state index in [0.29, 0.717) is 37.7 Å². The quantitative estimate of drug-likeness (QED) is 0.809. The molecule has 144 valence electrons. The molecule has 0 aliphatic carbocycles. The van der Waals surface area contributed by atoms with Gasteiger partial charge in [0.2, 0.25) is 11.8 Å². The van der Waals surface area contributed by atoms with Crippen LogP contribution in [0.25, 0.3) is 0 Å². The highest BCUT2D eigenvalue weighted by molar-refractivity contribution is 5.89. The van der Waals surface area contributed by atoms with Gasteiger partial charge in [0.25, 0.3) is 0 Å². The third kappa shape index (κ3) is 5.27. The van der Waals surface area contributed by atoms with Crippen molar-refractivity contribution in [2.45, 2.75) is 52.7 Å². The normalized spacial score (nSPS) is 18.3. The van der Waals surface area contributed by atoms with Gasteiger partial charge in [0, 0.05) is 37.8 Å². The van der Waals surface area contributed by atoms with E-state index in [1.165, 1.54) is 6.07 Å². The van der Waals surface area contributed by atoms with Crippen LogP contribution in [0.15, 0.2) is 24.3 Å². The molecule has 0 saturated carbocycles. The fraction of sp³-hybridized carbons (Fsp3) is 0.600. The highest BCUT2D eigenvalue weighted by Gasteiger charge is 2.33. The average molecular weight is 363 g/mol. The Balaban J connectivity index is 2.13. The molecule has 0 bridgehead atoms. The van der Waals surface area contributed by atoms with Crippen molar-refractivity contribution < 1.29 is 14.0 Å². The van der Waals surface area contributed by atoms with Crippen molar-refractivity contribution in [2.75, 3.05) is 19.6 Å². The molecule has 0 aromatic heterocycles. The number of nitrogens with one attached hydrogen (secondary N) is 1. The first-order valence-electron chi connectivity index (χ1n) is 9.34. The zero-order valence-corrected chi connectivity index (χ0v) is 16.2. The van der Waals surface area contributed by atoms with E-state index < -0.39 is 6.04 Å². The third-order valence-electron chi connectivity index (χ3n) is 4.65. The number of halogens is 1. The zero-order valence-electron chi connectivity index (χ0n) is 16.2. The smallest absolute Gasteiger partial charge is 0.237 e. The summed E-state index contributed by atoms with van der Waals surface area (Å²) in [5, 5.41) is 2.83. The largest absolute Gasteiger partial charge is 0.353 e. The molecule has 1 atom stereocenters. The Labute approximate surface area is 155 Å². The molecule has 2 rings (SSSR count). The Kier molecular flexibility index (Phi) is 7.14. The molecule has 1 saturated heterocycles. The minimum absolute atomic E-state index is 0.0331. The van der Waals surface area contributed by atoms with Crippen LogP contribution in [0.5, 0.6) is 0 Å². The molecule has 1 unspecified atom stereocenters. The highest BCUT2D eigenvalue weighted by atomic mass is 19.1. The molecule has 1 aromatic rings. The number of benzene rings is 1. The van der Waals surface area contributed by atoms with Crippen LogP contribution in [-0.4, -0.2) is 53.3 Å². The standard InChI is InChI=1S/C20H30FN3O2/c1-14(2)12-24(15(3)4)19(25)11-18-20(26)22-9-10-23(18)13-16-7-5-6-8-17(16)21/h5-8,14-15,18H,9-13H2,1-4H3,(H,22,26). The number of piperazine rings is 1. The highest BCUT2D eigenvalue weighted by Crippen LogP contribution is 2.18. The molecule has 26 heavy (non-hydrogen) atoms. The maximum absolute atomic E-state index is 14.0. The van der Waals surface area contributed by atoms with Gasteiger partial charge in [0.1, 0.15) is 5.82 Å². The van der Waals surface area contributed by atoms with Gasteiger partial charge in [-0.1, -0.05) is 32.0 Å². The van der Waals surface area contributed by atoms with Crippen LogP contribution >= 0.6 is 0 Å². The predicted molar refractivity (Wildman–Crippen MR) is 99.9 cm³/mol. The van der Waals surface area contributed by atoms with Crippen LogP contribution in [0, 0.1) is 11.7 Å². The maximum Gasteiger partial charge on any atom is 0.237 e. The zero-order chi connectivity index (χ0) is 19.3. The fourth-order valence-electron chi connectivity index (χ4n) is 3.30. The molecular weight excluding hydrogens is 333 g/mol. The Bertz CT molecular complexity index is 633. The van der Waals surface area contributed by atoms with Gasteiger partial charge < -0.3 is 10.2 Å². The lowest BCUT2D eigenvalue weighted by Gasteiger charge is -2.37. The van der Waals surface area contributed by atoms with Crippen LogP contribution < -0.4 is 5.32 Å². The molecule has 1 N–H and O–H groups in total. The molecule has 5 nitrogen and oxygen atoms in total. The average Bonchev–Trinajstić information content (AvgIpc) is 2.57. The van der Waals surface area contributed by atoms with Gasteiger partial charge in [-0.15, -0.1) is 0 Å². The second kappa shape index (κ2) is 9.12. The molecule has 2 amide bonds. The molecular formula is C20H30FN3O2. The van der Waals surface area contributed by atoms with Crippen LogP contribution in [0.4, 0.5) is 4.39 Å². The second-order valence-corrected chi connectivity index (χ2v) is 7.61. The fourth-order valence-corrected chi connectivity index (χ4v) is 3.30. The molecule has 1 aliphatic rings. The first kappa shape index (κ1) is 20.4. The molecule has 1 heterocycles. The molecule has 1 aromatic carbocycles. The summed E-state index contributed by atoms with van der Waals surface area (Å²) in [5.74, 6) is -0.119. The topological polar surface area (TPSA) is 52.7 Å². The van der Waals surface area contributed by atoms with E-state index in [-0.39, 0.29) is 30.1 Å². The van der Waals surface area contributed by atoms with Gasteiger partial charge in [-0.25, -0.2) is 4.39 Å². The van der Waals surface area contributed by atoms with Gasteiger partial charge in [0.05, 0.1) is 12.5 Å². The van der Waals surface area contributed by atoms with Crippen LogP contribution in [-0.2, 0) is 16.1 Å². The summed E-state index contributed by atoms with van der Waals surface area (Å²) in [4.78, 5) is 29.0. The third-order valence-corrected chi connectivity index (χ3v) is 4.65. The minimum Gasteiger partial charge on any atom is -0.353 e. The van der Waals surface area contributed by atoms with Gasteiger partial charge in [-0.3, -0.25) is 14.5 Å². The van der Waals surface area contributed by atoms with Gasteiger partial charge in [0.15, 0.2) is 0 Å². The van der Waals surface area contributed by atoms with Crippen LogP contribution in [0.1, 0.15) is 39.7 Å². The Morgan fingerprint density at radius 3 is 2.62 bits per heavy atom. The van der Waals surface area contributed by atoms with Gasteiger partial charge >= 0.3 is 0 Å². The van der Waals surface area contributed by atoms with Crippen molar-refractivity contribution in [3.63, 3.8) is 0 Å². The van der Waals surface area contributed by atoms with E-state index in [1.54, 1.807) is 18.2 Å². The van der Waals surface area contributed by atoms with E-state index in [0.717, 1.165) is 0 Å². The van der Waals surface area contributed by atoms with Crippen molar-refractivity contribution in [1.82, 2.24) is 15.1 Å². The van der Waals surface area contributed by atoms with Crippen LogP contribution in [0.3, 0.4) is 0 Å². The number of hydrogen-bond acceptors (Lipinski definition) is 3. The molecule has 1 aliphatic heterocycles. The summed E-state index contributed by atoms with van der Waals surface area (Å²) in [6.07, 6.45) is 0.116. The van der Waals surface area contributed by atoms with E-state index >= 15 is 0 Å². The summed E-state index contributed by atoms with van der Waals surface area (Å²) >= 11 is 0. The second-order valence-electron chi connectivity index (χ2n) is 7.61. The first-order valence-corrected chi connectivity index (χ1v) is 9.34. The number of rotatable bonds is 7. The molecule has 6 heteroatoms. The summed E-state index contributed by atoms with van der Waals surface area (Å²) in [6, 6.07) is 6.09. The SMILES string of the molecule is CC(C)CN(C(=O)CC1C(=O)NCCN1Cc1ccccc1F)C(C)C. The molecule has 1 fully saturated rings. The predicted octanol–water partition coefficient (Wildman–Crippen LogP) is 2.41. The van der Waals surface area contributed by atoms with Crippen molar-refractivity contribution in [3.05, 3.63) is 35.6 Å². The number of carbonyl (C=O) groups is 2. The number of amides is 2. The monoisotopic (exact) mass is 363 g/mol. The Morgan fingerprint density at radius 2 is 2.00 bits per heavy atom. The number of hydrogen-bond donors (Lipinski definition) is 1. The molecule has 0 radical (unpaired) electrons. The summed E-state index contributed by atoms with van der Waals surface area (Å²) < 4.78 is 14.0. The van der Waals surface area contributed by atoms with E-state index in [4.69, 9.17) is 0 Å². The first-order chi connectivity index (χ1) is 12.3. The number of nitrogens with zero attached hydrogens (tertiary/aromatic N) is 2. The van der Waals surface area contributed by atoms with E-state index in [2.05, 4.69) is 19.2 Å². The number of carbonyl (C=O) groups excluding carboxylic acids is 2. The Morgan fingerprint density at radius 1 is 1.31 bits per heavy atom. The minimum atomic E-state index is -0.565. The molecule has 0 spiro atoms. The maximum atomic E-state index is 14.0. The summed E-state index contributed by atoms with van der Waals surface area (Å²) in [5.41, 5.74) is 0.544. The Hall–Kier alpha value is -1.95. The van der Waals surface area contributed by atoms with Crippen molar-refractivity contribution >= 4 is 11.8 Å². The van der Waals surface area contributed by atoms with E-state index in [1.807, 2.05) is 23.6 Å². The lowest BCUT2D eigenvalue weighted by Crippen LogP contribution is -2.56. The van der Waals surface area contributed by atoms with Crippen molar-refractivity contribution in [1.29, 1.82) is 0 Å². The summed E-state index contributed by atoms with van der Waals surface area (Å²) in [7, 11) is 0. The van der Waals surface area contributed by atoms with E-state index in [9.17, 15) is 14.0 Å². The van der Waals surface area contributed by atoms with Crippen LogP contribution in [0.2, 0.25) is 0 Å². The van der Waals surface area contributed by atoms with Crippen molar-refractivity contribution in [2.24, 2.45) is 5.92 Å². The van der Waals surface area contributed by atoms with Gasteiger partial charge in [-0.05, 0) is 25.8 Å². The van der Waals surface area contributed by atoms with Crippen molar-refractivity contribution in [3.8, 4) is 0 Å². The lowest BCUT2D eigenvalue weighted by molar-refractivity contribution is -0.140. The van der Waals surface area contributed by atoms with Gasteiger partial charge in [-0.2, -0.15) is 0 Å².